The smallest absolute Gasteiger partial charge is 0.258 e. The summed E-state index contributed by atoms with van der Waals surface area (Å²) in [6.45, 7) is 0. The Balaban J connectivity index is 1.90. The predicted octanol–water partition coefficient (Wildman–Crippen LogP) is 2.60. The fourth-order valence-corrected chi connectivity index (χ4v) is 2.29. The SMILES string of the molecule is Nc1ccc(C(=O)Nc2nc(Cl)c3[nH]cnc3n2)cc1Br. The zero-order valence-corrected chi connectivity index (χ0v) is 12.7. The van der Waals surface area contributed by atoms with Crippen LogP contribution in [-0.2, 0) is 0 Å². The Morgan fingerprint density at radius 3 is 2.95 bits per heavy atom. The van der Waals surface area contributed by atoms with Gasteiger partial charge in [-0.2, -0.15) is 9.97 Å². The molecule has 0 radical (unpaired) electrons. The molecule has 1 aromatic carbocycles. The number of nitrogens with one attached hydrogen (secondary N) is 2. The molecule has 2 aromatic heterocycles. The number of imidazole rings is 1. The molecule has 106 valence electrons. The molecule has 4 N–H and O–H groups in total. The Morgan fingerprint density at radius 1 is 1.38 bits per heavy atom. The Kier molecular flexibility index (Phi) is 3.48. The highest BCUT2D eigenvalue weighted by molar-refractivity contribution is 9.10. The van der Waals surface area contributed by atoms with E-state index in [1.165, 1.54) is 6.33 Å². The molecule has 3 rings (SSSR count). The van der Waals surface area contributed by atoms with E-state index in [0.29, 0.717) is 26.9 Å². The number of anilines is 2. The maximum atomic E-state index is 12.1. The average molecular weight is 368 g/mol. The van der Waals surface area contributed by atoms with E-state index in [-0.39, 0.29) is 17.0 Å². The van der Waals surface area contributed by atoms with E-state index in [9.17, 15) is 4.79 Å². The van der Waals surface area contributed by atoms with Gasteiger partial charge < -0.3 is 10.7 Å². The number of fused-ring (bicyclic) bond motifs is 1. The van der Waals surface area contributed by atoms with Gasteiger partial charge in [-0.05, 0) is 34.1 Å². The zero-order valence-electron chi connectivity index (χ0n) is 10.4. The van der Waals surface area contributed by atoms with Crippen molar-refractivity contribution in [2.24, 2.45) is 0 Å². The number of hydrogen-bond acceptors (Lipinski definition) is 5. The van der Waals surface area contributed by atoms with Crippen molar-refractivity contribution >= 4 is 56.2 Å². The molecule has 3 aromatic rings. The van der Waals surface area contributed by atoms with Crippen LogP contribution in [0.5, 0.6) is 0 Å². The third-order valence-electron chi connectivity index (χ3n) is 2.73. The second kappa shape index (κ2) is 5.30. The lowest BCUT2D eigenvalue weighted by Gasteiger charge is -2.05. The highest BCUT2D eigenvalue weighted by atomic mass is 79.9. The lowest BCUT2D eigenvalue weighted by Crippen LogP contribution is -2.14. The normalized spacial score (nSPS) is 10.8. The molecular weight excluding hydrogens is 360 g/mol. The van der Waals surface area contributed by atoms with Gasteiger partial charge in [0.2, 0.25) is 5.95 Å². The molecule has 7 nitrogen and oxygen atoms in total. The van der Waals surface area contributed by atoms with E-state index in [2.05, 4.69) is 41.2 Å². The minimum Gasteiger partial charge on any atom is -0.398 e. The molecule has 0 saturated heterocycles. The summed E-state index contributed by atoms with van der Waals surface area (Å²) in [4.78, 5) is 27.0. The quantitative estimate of drug-likeness (QED) is 0.476. The molecule has 0 aliphatic heterocycles. The van der Waals surface area contributed by atoms with Crippen LogP contribution in [0.25, 0.3) is 11.2 Å². The highest BCUT2D eigenvalue weighted by Crippen LogP contribution is 2.22. The standard InChI is InChI=1S/C12H8BrClN6O/c13-6-3-5(1-2-7(6)15)11(21)20-12-18-9(14)8-10(19-12)17-4-16-8/h1-4H,15H2,(H2,16,17,18,19,20,21). The molecule has 21 heavy (non-hydrogen) atoms. The summed E-state index contributed by atoms with van der Waals surface area (Å²) in [6.07, 6.45) is 1.45. The first-order valence-corrected chi connectivity index (χ1v) is 6.94. The number of nitrogens with zero attached hydrogens (tertiary/aromatic N) is 3. The number of H-pyrrole nitrogens is 1. The molecule has 0 fully saturated rings. The zero-order chi connectivity index (χ0) is 15.0. The number of halogens is 2. The van der Waals surface area contributed by atoms with Crippen molar-refractivity contribution in [2.45, 2.75) is 0 Å². The summed E-state index contributed by atoms with van der Waals surface area (Å²) in [5.41, 5.74) is 7.54. The number of carbonyl (C=O) groups is 1. The topological polar surface area (TPSA) is 110 Å². The van der Waals surface area contributed by atoms with E-state index in [1.807, 2.05) is 0 Å². The number of rotatable bonds is 2. The summed E-state index contributed by atoms with van der Waals surface area (Å²) in [6, 6.07) is 4.84. The van der Waals surface area contributed by atoms with Gasteiger partial charge in [-0.3, -0.25) is 10.1 Å². The predicted molar refractivity (Wildman–Crippen MR) is 83.2 cm³/mol. The van der Waals surface area contributed by atoms with Gasteiger partial charge in [0.05, 0.1) is 6.33 Å². The number of aromatic amines is 1. The first kappa shape index (κ1) is 13.8. The van der Waals surface area contributed by atoms with Crippen LogP contribution >= 0.6 is 27.5 Å². The first-order chi connectivity index (χ1) is 10.0. The fourth-order valence-electron chi connectivity index (χ4n) is 1.70. The van der Waals surface area contributed by atoms with Gasteiger partial charge in [-0.15, -0.1) is 0 Å². The van der Waals surface area contributed by atoms with Gasteiger partial charge >= 0.3 is 0 Å². The van der Waals surface area contributed by atoms with Gasteiger partial charge in [0.1, 0.15) is 5.52 Å². The molecule has 1 amide bonds. The Bertz CT molecular complexity index is 849. The van der Waals surface area contributed by atoms with E-state index >= 15 is 0 Å². The van der Waals surface area contributed by atoms with Crippen LogP contribution in [0.3, 0.4) is 0 Å². The number of hydrogen-bond donors (Lipinski definition) is 3. The molecule has 0 unspecified atom stereocenters. The monoisotopic (exact) mass is 366 g/mol. The van der Waals surface area contributed by atoms with Gasteiger partial charge in [-0.25, -0.2) is 4.98 Å². The maximum Gasteiger partial charge on any atom is 0.258 e. The van der Waals surface area contributed by atoms with Gasteiger partial charge in [0, 0.05) is 15.7 Å². The Hall–Kier alpha value is -2.19. The summed E-state index contributed by atoms with van der Waals surface area (Å²) in [5.74, 6) is -0.292. The summed E-state index contributed by atoms with van der Waals surface area (Å²) in [7, 11) is 0. The number of nitrogens with two attached hydrogens (primary N) is 1. The van der Waals surface area contributed by atoms with E-state index < -0.39 is 0 Å². The third kappa shape index (κ3) is 2.67. The molecular formula is C12H8BrClN6O. The van der Waals surface area contributed by atoms with Crippen LogP contribution in [0.4, 0.5) is 11.6 Å². The van der Waals surface area contributed by atoms with Crippen molar-refractivity contribution < 1.29 is 4.79 Å². The van der Waals surface area contributed by atoms with Crippen molar-refractivity contribution in [3.8, 4) is 0 Å². The van der Waals surface area contributed by atoms with E-state index in [1.54, 1.807) is 18.2 Å². The second-order valence-corrected chi connectivity index (χ2v) is 5.34. The van der Waals surface area contributed by atoms with Gasteiger partial charge in [0.15, 0.2) is 10.8 Å². The lowest BCUT2D eigenvalue weighted by atomic mass is 10.2. The van der Waals surface area contributed by atoms with Crippen LogP contribution in [-0.4, -0.2) is 25.8 Å². The van der Waals surface area contributed by atoms with Crippen molar-refractivity contribution in [3.05, 3.63) is 39.7 Å². The van der Waals surface area contributed by atoms with Crippen molar-refractivity contribution in [2.75, 3.05) is 11.1 Å². The number of amides is 1. The number of carbonyl (C=O) groups excluding carboxylic acids is 1. The number of benzene rings is 1. The molecule has 0 aliphatic rings. The van der Waals surface area contributed by atoms with Crippen molar-refractivity contribution in [3.63, 3.8) is 0 Å². The third-order valence-corrected chi connectivity index (χ3v) is 3.69. The average Bonchev–Trinajstić information content (AvgIpc) is 2.90. The molecule has 9 heteroatoms. The lowest BCUT2D eigenvalue weighted by molar-refractivity contribution is 0.102. The fraction of sp³-hybridized carbons (Fsp3) is 0. The van der Waals surface area contributed by atoms with Crippen molar-refractivity contribution in [1.29, 1.82) is 0 Å². The van der Waals surface area contributed by atoms with Gasteiger partial charge in [-0.1, -0.05) is 11.6 Å². The minimum absolute atomic E-state index is 0.0811. The minimum atomic E-state index is -0.373. The van der Waals surface area contributed by atoms with Crippen LogP contribution in [0.15, 0.2) is 29.0 Å². The van der Waals surface area contributed by atoms with Crippen LogP contribution in [0.1, 0.15) is 10.4 Å². The Labute approximate surface area is 132 Å². The Morgan fingerprint density at radius 2 is 2.19 bits per heavy atom. The van der Waals surface area contributed by atoms with Crippen LogP contribution in [0.2, 0.25) is 5.15 Å². The van der Waals surface area contributed by atoms with E-state index in [4.69, 9.17) is 17.3 Å². The summed E-state index contributed by atoms with van der Waals surface area (Å²) in [5, 5.41) is 2.75. The van der Waals surface area contributed by atoms with E-state index in [0.717, 1.165) is 0 Å². The largest absolute Gasteiger partial charge is 0.398 e. The van der Waals surface area contributed by atoms with Crippen LogP contribution in [0, 0.1) is 0 Å². The number of aromatic nitrogens is 4. The molecule has 2 heterocycles. The van der Waals surface area contributed by atoms with Gasteiger partial charge in [0.25, 0.3) is 5.91 Å². The molecule has 0 atom stereocenters. The summed E-state index contributed by atoms with van der Waals surface area (Å²) >= 11 is 9.25. The summed E-state index contributed by atoms with van der Waals surface area (Å²) < 4.78 is 0.636. The highest BCUT2D eigenvalue weighted by Gasteiger charge is 2.12. The van der Waals surface area contributed by atoms with Crippen LogP contribution < -0.4 is 11.1 Å². The molecule has 0 spiro atoms. The second-order valence-electron chi connectivity index (χ2n) is 4.13. The molecule has 0 saturated carbocycles. The van der Waals surface area contributed by atoms with Crippen molar-refractivity contribution in [1.82, 2.24) is 19.9 Å². The molecule has 0 aliphatic carbocycles. The molecule has 0 bridgehead atoms. The number of nitrogen functional groups attached to an aromatic ring is 1. The first-order valence-electron chi connectivity index (χ1n) is 5.77. The maximum absolute atomic E-state index is 12.1.